The molecule has 0 aliphatic carbocycles. The van der Waals surface area contributed by atoms with Crippen LogP contribution in [-0.4, -0.2) is 36.6 Å². The molecule has 0 amide bonds. The number of nitro groups is 1. The summed E-state index contributed by atoms with van der Waals surface area (Å²) in [7, 11) is 0. The normalized spacial score (nSPS) is 9.89. The molecule has 9 nitrogen and oxygen atoms in total. The first kappa shape index (κ1) is 20.3. The number of rotatable bonds is 5. The minimum Gasteiger partial charge on any atom is -0.478 e. The van der Waals surface area contributed by atoms with E-state index in [9.17, 15) is 19.7 Å². The predicted octanol–water partition coefficient (Wildman–Crippen LogP) is 3.23. The quantitative estimate of drug-likeness (QED) is 0.510. The van der Waals surface area contributed by atoms with E-state index in [0.717, 1.165) is 11.6 Å². The van der Waals surface area contributed by atoms with Gasteiger partial charge < -0.3 is 14.8 Å². The van der Waals surface area contributed by atoms with Crippen molar-refractivity contribution in [1.82, 2.24) is 9.55 Å². The fourth-order valence-corrected chi connectivity index (χ4v) is 2.30. The van der Waals surface area contributed by atoms with Crippen molar-refractivity contribution in [3.8, 4) is 0 Å². The highest BCUT2D eigenvalue weighted by Gasteiger charge is 2.10. The number of hydrogen-bond donors (Lipinski definition) is 2. The zero-order valence-corrected chi connectivity index (χ0v) is 14.8. The Labute approximate surface area is 159 Å². The maximum Gasteiger partial charge on any atom is 0.335 e. The molecule has 144 valence electrons. The fourth-order valence-electron chi connectivity index (χ4n) is 2.30. The van der Waals surface area contributed by atoms with Crippen LogP contribution in [0.25, 0.3) is 0 Å². The van der Waals surface area contributed by atoms with E-state index in [1.807, 2.05) is 10.8 Å². The molecule has 1 aromatic heterocycles. The Morgan fingerprint density at radius 2 is 1.79 bits per heavy atom. The molecule has 0 unspecified atom stereocenters. The van der Waals surface area contributed by atoms with Gasteiger partial charge in [0.05, 0.1) is 22.4 Å². The smallest absolute Gasteiger partial charge is 0.335 e. The Bertz CT molecular complexity index is 981. The molecule has 0 saturated carbocycles. The van der Waals surface area contributed by atoms with Crippen LogP contribution in [0.5, 0.6) is 0 Å². The molecule has 9 heteroatoms. The Morgan fingerprint density at radius 3 is 2.29 bits per heavy atom. The number of aromatic carboxylic acids is 2. The molecule has 2 aromatic carbocycles. The van der Waals surface area contributed by atoms with E-state index in [2.05, 4.69) is 4.98 Å². The monoisotopic (exact) mass is 383 g/mol. The molecule has 0 aliphatic heterocycles. The Kier molecular flexibility index (Phi) is 6.58. The van der Waals surface area contributed by atoms with E-state index in [4.69, 9.17) is 10.2 Å². The minimum absolute atomic E-state index is 0.0111. The van der Waals surface area contributed by atoms with E-state index in [1.54, 1.807) is 31.6 Å². The summed E-state index contributed by atoms with van der Waals surface area (Å²) in [6.45, 7) is 2.30. The van der Waals surface area contributed by atoms with Gasteiger partial charge in [-0.05, 0) is 30.2 Å². The largest absolute Gasteiger partial charge is 0.478 e. The van der Waals surface area contributed by atoms with Gasteiger partial charge in [-0.15, -0.1) is 0 Å². The third-order valence-electron chi connectivity index (χ3n) is 3.79. The molecule has 0 spiro atoms. The van der Waals surface area contributed by atoms with Crippen molar-refractivity contribution >= 4 is 17.6 Å². The summed E-state index contributed by atoms with van der Waals surface area (Å²) in [5.41, 5.74) is 1.70. The molecule has 0 radical (unpaired) electrons. The summed E-state index contributed by atoms with van der Waals surface area (Å²) in [5, 5.41) is 27.7. The van der Waals surface area contributed by atoms with Crippen molar-refractivity contribution in [2.45, 2.75) is 13.5 Å². The average Bonchev–Trinajstić information content (AvgIpc) is 3.15. The zero-order valence-electron chi connectivity index (χ0n) is 14.8. The molecular formula is C19H17N3O6. The fraction of sp³-hybridized carbons (Fsp3) is 0.105. The Balaban J connectivity index is 0.000000203. The number of carbonyl (C=O) groups is 2. The van der Waals surface area contributed by atoms with Gasteiger partial charge in [0.25, 0.3) is 5.69 Å². The lowest BCUT2D eigenvalue weighted by Gasteiger charge is -2.01. The third kappa shape index (κ3) is 5.49. The van der Waals surface area contributed by atoms with Gasteiger partial charge in [0.1, 0.15) is 0 Å². The molecule has 2 N–H and O–H groups in total. The third-order valence-corrected chi connectivity index (χ3v) is 3.79. The Hall–Kier alpha value is -4.01. The number of imidazole rings is 1. The lowest BCUT2D eigenvalue weighted by Crippen LogP contribution is -2.03. The second kappa shape index (κ2) is 9.08. The number of aryl methyl sites for hydroxylation is 1. The summed E-state index contributed by atoms with van der Waals surface area (Å²) < 4.78 is 1.90. The number of benzene rings is 2. The average molecular weight is 383 g/mol. The molecule has 3 rings (SSSR count). The van der Waals surface area contributed by atoms with Gasteiger partial charge in [-0.25, -0.2) is 14.6 Å². The molecule has 28 heavy (non-hydrogen) atoms. The number of nitro benzene ring substituents is 1. The molecule has 3 aromatic rings. The highest BCUT2D eigenvalue weighted by atomic mass is 16.6. The van der Waals surface area contributed by atoms with Gasteiger partial charge >= 0.3 is 11.9 Å². The second-order valence-corrected chi connectivity index (χ2v) is 5.80. The van der Waals surface area contributed by atoms with Crippen molar-refractivity contribution in [1.29, 1.82) is 0 Å². The number of aromatic nitrogens is 2. The summed E-state index contributed by atoms with van der Waals surface area (Å²) in [6, 6.07) is 10.5. The van der Waals surface area contributed by atoms with Crippen molar-refractivity contribution in [2.24, 2.45) is 0 Å². The van der Waals surface area contributed by atoms with Gasteiger partial charge in [-0.2, -0.15) is 0 Å². The van der Waals surface area contributed by atoms with E-state index in [-0.39, 0.29) is 16.8 Å². The second-order valence-electron chi connectivity index (χ2n) is 5.80. The van der Waals surface area contributed by atoms with Crippen molar-refractivity contribution < 1.29 is 24.7 Å². The van der Waals surface area contributed by atoms with Crippen LogP contribution in [-0.2, 0) is 6.54 Å². The van der Waals surface area contributed by atoms with Crippen molar-refractivity contribution in [3.05, 3.63) is 93.6 Å². The van der Waals surface area contributed by atoms with Gasteiger partial charge in [0.2, 0.25) is 0 Å². The van der Waals surface area contributed by atoms with Crippen LogP contribution in [0.3, 0.4) is 0 Å². The summed E-state index contributed by atoms with van der Waals surface area (Å²) in [6.07, 6.45) is 5.26. The van der Waals surface area contributed by atoms with Gasteiger partial charge in [0.15, 0.2) is 0 Å². The molecule has 0 aliphatic rings. The predicted molar refractivity (Wildman–Crippen MR) is 99.5 cm³/mol. The molecule has 0 fully saturated rings. The van der Waals surface area contributed by atoms with Crippen LogP contribution in [0.15, 0.2) is 61.2 Å². The van der Waals surface area contributed by atoms with Crippen molar-refractivity contribution in [3.63, 3.8) is 0 Å². The molecular weight excluding hydrogens is 366 g/mol. The molecule has 0 atom stereocenters. The Morgan fingerprint density at radius 1 is 1.11 bits per heavy atom. The van der Waals surface area contributed by atoms with Crippen LogP contribution in [0.2, 0.25) is 0 Å². The summed E-state index contributed by atoms with van der Waals surface area (Å²) >= 11 is 0. The first-order valence-corrected chi connectivity index (χ1v) is 8.04. The molecule has 0 saturated heterocycles. The van der Waals surface area contributed by atoms with Crippen LogP contribution < -0.4 is 0 Å². The van der Waals surface area contributed by atoms with E-state index in [1.165, 1.54) is 24.3 Å². The summed E-state index contributed by atoms with van der Waals surface area (Å²) in [5.74, 6) is -2.23. The van der Waals surface area contributed by atoms with Crippen LogP contribution in [0, 0.1) is 17.0 Å². The maximum atomic E-state index is 10.6. The number of non-ortho nitro benzene ring substituents is 1. The van der Waals surface area contributed by atoms with E-state index < -0.39 is 16.9 Å². The minimum atomic E-state index is -1.12. The van der Waals surface area contributed by atoms with Crippen LogP contribution >= 0.6 is 0 Å². The lowest BCUT2D eigenvalue weighted by atomic mass is 10.1. The molecule has 0 bridgehead atoms. The SMILES string of the molecule is Cc1ccc(C(=O)O)cc1C(=O)O.O=[N+]([O-])c1ccc(Cn2ccnc2)cc1. The summed E-state index contributed by atoms with van der Waals surface area (Å²) in [4.78, 5) is 35.0. The van der Waals surface area contributed by atoms with Gasteiger partial charge in [-0.1, -0.05) is 18.2 Å². The highest BCUT2D eigenvalue weighted by molar-refractivity contribution is 5.94. The van der Waals surface area contributed by atoms with E-state index in [0.29, 0.717) is 12.1 Å². The lowest BCUT2D eigenvalue weighted by molar-refractivity contribution is -0.384. The first-order chi connectivity index (χ1) is 13.3. The van der Waals surface area contributed by atoms with E-state index >= 15 is 0 Å². The maximum absolute atomic E-state index is 10.6. The van der Waals surface area contributed by atoms with Crippen LogP contribution in [0.4, 0.5) is 5.69 Å². The number of carboxylic acid groups (broad SMARTS) is 2. The highest BCUT2D eigenvalue weighted by Crippen LogP contribution is 2.13. The molecule has 1 heterocycles. The standard InChI is InChI=1S/C10H9N3O2.C9H8O4/c14-13(15)10-3-1-9(2-4-10)7-12-6-5-11-8-12;1-5-2-3-6(8(10)11)4-7(5)9(12)13/h1-6,8H,7H2;2-4H,1H3,(H,10,11)(H,12,13). The topological polar surface area (TPSA) is 136 Å². The number of carboxylic acids is 2. The van der Waals surface area contributed by atoms with Crippen LogP contribution in [0.1, 0.15) is 31.8 Å². The van der Waals surface area contributed by atoms with Crippen molar-refractivity contribution in [2.75, 3.05) is 0 Å². The van der Waals surface area contributed by atoms with Gasteiger partial charge in [0, 0.05) is 31.1 Å². The number of nitrogens with zero attached hydrogens (tertiary/aromatic N) is 3. The number of hydrogen-bond acceptors (Lipinski definition) is 5. The first-order valence-electron chi connectivity index (χ1n) is 8.04. The zero-order chi connectivity index (χ0) is 20.7. The van der Waals surface area contributed by atoms with Gasteiger partial charge in [-0.3, -0.25) is 10.1 Å².